The molecule has 0 saturated carbocycles. The molecule has 0 bridgehead atoms. The number of nitrogens with zero attached hydrogens (tertiary/aromatic N) is 3. The van der Waals surface area contributed by atoms with Crippen LogP contribution in [0.1, 0.15) is 22.5 Å². The summed E-state index contributed by atoms with van der Waals surface area (Å²) in [5.74, 6) is 0.547. The first-order chi connectivity index (χ1) is 10.8. The Bertz CT molecular complexity index is 633. The fraction of sp³-hybridized carbons (Fsp3) is 0.400. The third-order valence-corrected chi connectivity index (χ3v) is 4.33. The summed E-state index contributed by atoms with van der Waals surface area (Å²) in [4.78, 5) is 23.1. The number of likely N-dealkylation sites (tertiary alicyclic amines) is 1. The van der Waals surface area contributed by atoms with Gasteiger partial charge in [-0.1, -0.05) is 6.07 Å². The topological polar surface area (TPSA) is 64.6 Å². The van der Waals surface area contributed by atoms with Gasteiger partial charge in [-0.25, -0.2) is 4.98 Å². The number of carbonyl (C=O) groups excluding carboxylic acids is 1. The lowest BCUT2D eigenvalue weighted by atomic mass is 10.1. The average molecular weight is 319 g/mol. The van der Waals surface area contributed by atoms with E-state index in [2.05, 4.69) is 9.97 Å². The lowest BCUT2D eigenvalue weighted by Gasteiger charge is -2.32. The maximum absolute atomic E-state index is 12.4. The average Bonchev–Trinajstić information content (AvgIpc) is 3.09. The molecule has 1 amide bonds. The molecule has 1 fully saturated rings. The third kappa shape index (κ3) is 3.36. The monoisotopic (exact) mass is 319 g/mol. The van der Waals surface area contributed by atoms with Gasteiger partial charge in [-0.2, -0.15) is 4.98 Å². The molecule has 1 unspecified atom stereocenters. The van der Waals surface area contributed by atoms with Crippen LogP contribution >= 0.6 is 11.3 Å². The number of amides is 1. The normalized spacial score (nSPS) is 18.0. The predicted octanol–water partition coefficient (Wildman–Crippen LogP) is 2.23. The first-order valence-electron chi connectivity index (χ1n) is 7.13. The van der Waals surface area contributed by atoms with Gasteiger partial charge < -0.3 is 14.4 Å². The Hall–Kier alpha value is -2.15. The fourth-order valence-corrected chi connectivity index (χ4v) is 3.13. The molecular formula is C15H17N3O3S. The second kappa shape index (κ2) is 6.74. The molecule has 1 saturated heterocycles. The maximum atomic E-state index is 12.4. The Morgan fingerprint density at radius 2 is 2.36 bits per heavy atom. The standard InChI is InChI=1S/C15H17N3O3S/c1-20-15-16-7-6-13(17-15)21-11-4-2-8-18(10-11)14(19)12-5-3-9-22-12/h3,5-7,9,11H,2,4,8,10H2,1H3. The highest BCUT2D eigenvalue weighted by Crippen LogP contribution is 2.20. The van der Waals surface area contributed by atoms with Gasteiger partial charge in [0.2, 0.25) is 5.88 Å². The number of hydrogen-bond acceptors (Lipinski definition) is 6. The first-order valence-corrected chi connectivity index (χ1v) is 8.00. The molecule has 116 valence electrons. The van der Waals surface area contributed by atoms with Gasteiger partial charge in [-0.3, -0.25) is 4.79 Å². The molecule has 0 radical (unpaired) electrons. The van der Waals surface area contributed by atoms with Crippen molar-refractivity contribution in [2.75, 3.05) is 20.2 Å². The van der Waals surface area contributed by atoms with Gasteiger partial charge in [0.15, 0.2) is 0 Å². The van der Waals surface area contributed by atoms with E-state index in [1.807, 2.05) is 22.4 Å². The van der Waals surface area contributed by atoms with Crippen LogP contribution < -0.4 is 9.47 Å². The Labute approximate surface area is 132 Å². The summed E-state index contributed by atoms with van der Waals surface area (Å²) in [6.45, 7) is 1.34. The molecule has 0 aromatic carbocycles. The van der Waals surface area contributed by atoms with Crippen LogP contribution in [-0.2, 0) is 0 Å². The molecule has 3 rings (SSSR count). The summed E-state index contributed by atoms with van der Waals surface area (Å²) in [7, 11) is 1.52. The van der Waals surface area contributed by atoms with Gasteiger partial charge in [0, 0.05) is 18.8 Å². The van der Waals surface area contributed by atoms with Crippen LogP contribution in [0.5, 0.6) is 11.9 Å². The van der Waals surface area contributed by atoms with Gasteiger partial charge in [-0.05, 0) is 24.3 Å². The van der Waals surface area contributed by atoms with Crippen LogP contribution in [0.3, 0.4) is 0 Å². The molecular weight excluding hydrogens is 302 g/mol. The third-order valence-electron chi connectivity index (χ3n) is 3.48. The second-order valence-corrected chi connectivity index (χ2v) is 5.94. The highest BCUT2D eigenvalue weighted by atomic mass is 32.1. The van der Waals surface area contributed by atoms with E-state index >= 15 is 0 Å². The molecule has 1 aliphatic heterocycles. The molecule has 3 heterocycles. The van der Waals surface area contributed by atoms with Crippen molar-refractivity contribution in [1.29, 1.82) is 0 Å². The van der Waals surface area contributed by atoms with Crippen molar-refractivity contribution < 1.29 is 14.3 Å². The van der Waals surface area contributed by atoms with E-state index in [-0.39, 0.29) is 18.0 Å². The van der Waals surface area contributed by atoms with Crippen molar-refractivity contribution in [1.82, 2.24) is 14.9 Å². The molecule has 22 heavy (non-hydrogen) atoms. The molecule has 2 aromatic rings. The fourth-order valence-electron chi connectivity index (χ4n) is 2.43. The lowest BCUT2D eigenvalue weighted by molar-refractivity contribution is 0.0530. The summed E-state index contributed by atoms with van der Waals surface area (Å²) >= 11 is 1.47. The van der Waals surface area contributed by atoms with Crippen molar-refractivity contribution in [3.8, 4) is 11.9 Å². The molecule has 2 aromatic heterocycles. The number of hydrogen-bond donors (Lipinski definition) is 0. The number of aromatic nitrogens is 2. The number of methoxy groups -OCH3 is 1. The Morgan fingerprint density at radius 1 is 1.45 bits per heavy atom. The van der Waals surface area contributed by atoms with Crippen LogP contribution in [0.4, 0.5) is 0 Å². The summed E-state index contributed by atoms with van der Waals surface area (Å²) in [5, 5.41) is 1.92. The van der Waals surface area contributed by atoms with Crippen LogP contribution in [0.2, 0.25) is 0 Å². The van der Waals surface area contributed by atoms with E-state index in [0.29, 0.717) is 12.4 Å². The summed E-state index contributed by atoms with van der Waals surface area (Å²) in [6, 6.07) is 5.72. The van der Waals surface area contributed by atoms with Gasteiger partial charge in [0.05, 0.1) is 18.5 Å². The SMILES string of the molecule is COc1nccc(OC2CCCN(C(=O)c3cccs3)C2)n1. The predicted molar refractivity (Wildman–Crippen MR) is 82.5 cm³/mol. The number of rotatable bonds is 4. The van der Waals surface area contributed by atoms with E-state index in [4.69, 9.17) is 9.47 Å². The molecule has 0 spiro atoms. The summed E-state index contributed by atoms with van der Waals surface area (Å²) in [6.07, 6.45) is 3.36. The van der Waals surface area contributed by atoms with E-state index < -0.39 is 0 Å². The van der Waals surface area contributed by atoms with Crippen LogP contribution in [-0.4, -0.2) is 47.1 Å². The van der Waals surface area contributed by atoms with Crippen molar-refractivity contribution >= 4 is 17.2 Å². The molecule has 7 heteroatoms. The Kier molecular flexibility index (Phi) is 4.53. The minimum absolute atomic E-state index is 0.0581. The van der Waals surface area contributed by atoms with Gasteiger partial charge >= 0.3 is 6.01 Å². The number of piperidine rings is 1. The highest BCUT2D eigenvalue weighted by molar-refractivity contribution is 7.12. The Morgan fingerprint density at radius 3 is 3.14 bits per heavy atom. The maximum Gasteiger partial charge on any atom is 0.319 e. The Balaban J connectivity index is 1.64. The largest absolute Gasteiger partial charge is 0.472 e. The van der Waals surface area contributed by atoms with Gasteiger partial charge in [0.25, 0.3) is 5.91 Å². The summed E-state index contributed by atoms with van der Waals surface area (Å²) in [5.41, 5.74) is 0. The van der Waals surface area contributed by atoms with Crippen molar-refractivity contribution in [2.24, 2.45) is 0 Å². The van der Waals surface area contributed by atoms with E-state index in [9.17, 15) is 4.79 Å². The van der Waals surface area contributed by atoms with Crippen molar-refractivity contribution in [3.05, 3.63) is 34.7 Å². The molecule has 6 nitrogen and oxygen atoms in total. The highest BCUT2D eigenvalue weighted by Gasteiger charge is 2.26. The van der Waals surface area contributed by atoms with Crippen molar-refractivity contribution in [3.63, 3.8) is 0 Å². The minimum atomic E-state index is -0.0581. The quantitative estimate of drug-likeness (QED) is 0.864. The van der Waals surface area contributed by atoms with E-state index in [1.165, 1.54) is 18.4 Å². The number of thiophene rings is 1. The zero-order valence-corrected chi connectivity index (χ0v) is 13.1. The smallest absolute Gasteiger partial charge is 0.319 e. The van der Waals surface area contributed by atoms with E-state index in [1.54, 1.807) is 12.3 Å². The van der Waals surface area contributed by atoms with E-state index in [0.717, 1.165) is 24.3 Å². The molecule has 1 aliphatic rings. The molecule has 1 atom stereocenters. The minimum Gasteiger partial charge on any atom is -0.472 e. The van der Waals surface area contributed by atoms with Gasteiger partial charge in [0.1, 0.15) is 6.10 Å². The molecule has 0 N–H and O–H groups in total. The number of ether oxygens (including phenoxy) is 2. The van der Waals surface area contributed by atoms with Crippen LogP contribution in [0, 0.1) is 0 Å². The van der Waals surface area contributed by atoms with Gasteiger partial charge in [-0.15, -0.1) is 11.3 Å². The zero-order chi connectivity index (χ0) is 15.4. The van der Waals surface area contributed by atoms with Crippen LogP contribution in [0.15, 0.2) is 29.8 Å². The number of carbonyl (C=O) groups is 1. The van der Waals surface area contributed by atoms with Crippen molar-refractivity contribution in [2.45, 2.75) is 18.9 Å². The molecule has 0 aliphatic carbocycles. The summed E-state index contributed by atoms with van der Waals surface area (Å²) < 4.78 is 10.9. The van der Waals surface area contributed by atoms with Crippen LogP contribution in [0.25, 0.3) is 0 Å². The lowest BCUT2D eigenvalue weighted by Crippen LogP contribution is -2.44. The zero-order valence-electron chi connectivity index (χ0n) is 12.3. The first kappa shape index (κ1) is 14.8. The second-order valence-electron chi connectivity index (χ2n) is 4.99.